The molecule has 5 heteroatoms. The van der Waals surface area contributed by atoms with Crippen molar-refractivity contribution in [3.63, 3.8) is 0 Å². The highest BCUT2D eigenvalue weighted by molar-refractivity contribution is 9.10. The molecule has 3 nitrogen and oxygen atoms in total. The summed E-state index contributed by atoms with van der Waals surface area (Å²) in [5, 5.41) is 0. The maximum atomic E-state index is 13.7. The molecule has 2 aromatic carbocycles. The average Bonchev–Trinajstić information content (AvgIpc) is 3.00. The van der Waals surface area contributed by atoms with Crippen LogP contribution in [0.5, 0.6) is 0 Å². The molecule has 1 fully saturated rings. The summed E-state index contributed by atoms with van der Waals surface area (Å²) in [6.07, 6.45) is 4.24. The summed E-state index contributed by atoms with van der Waals surface area (Å²) in [6, 6.07) is 11.6. The SMILES string of the molecule is O=C(/C=C/c1ccc(Br)cc1F)c1ccc(N2CCCC2=O)cc1. The molecule has 1 heterocycles. The van der Waals surface area contributed by atoms with Gasteiger partial charge in [-0.25, -0.2) is 4.39 Å². The van der Waals surface area contributed by atoms with Gasteiger partial charge in [0.2, 0.25) is 5.91 Å². The fourth-order valence-electron chi connectivity index (χ4n) is 2.63. The number of hydrogen-bond acceptors (Lipinski definition) is 2. The van der Waals surface area contributed by atoms with E-state index in [0.29, 0.717) is 22.0 Å². The zero-order valence-corrected chi connectivity index (χ0v) is 14.4. The van der Waals surface area contributed by atoms with Crippen molar-refractivity contribution in [1.29, 1.82) is 0 Å². The van der Waals surface area contributed by atoms with Crippen LogP contribution < -0.4 is 4.90 Å². The van der Waals surface area contributed by atoms with Crippen LogP contribution in [0, 0.1) is 5.82 Å². The first-order valence-electron chi connectivity index (χ1n) is 7.62. The van der Waals surface area contributed by atoms with Crippen molar-refractivity contribution >= 4 is 39.4 Å². The summed E-state index contributed by atoms with van der Waals surface area (Å²) in [5.74, 6) is -0.493. The lowest BCUT2D eigenvalue weighted by Gasteiger charge is -2.15. The fraction of sp³-hybridized carbons (Fsp3) is 0.158. The van der Waals surface area contributed by atoms with Crippen LogP contribution in [0.4, 0.5) is 10.1 Å². The Morgan fingerprint density at radius 2 is 1.92 bits per heavy atom. The van der Waals surface area contributed by atoms with Crippen LogP contribution >= 0.6 is 15.9 Å². The molecule has 1 aliphatic rings. The number of halogens is 2. The zero-order chi connectivity index (χ0) is 17.1. The number of carbonyl (C=O) groups excluding carboxylic acids is 2. The Bertz CT molecular complexity index is 815. The van der Waals surface area contributed by atoms with E-state index >= 15 is 0 Å². The van der Waals surface area contributed by atoms with Crippen molar-refractivity contribution in [2.45, 2.75) is 12.8 Å². The molecule has 0 atom stereocenters. The van der Waals surface area contributed by atoms with Gasteiger partial charge >= 0.3 is 0 Å². The monoisotopic (exact) mass is 387 g/mol. The van der Waals surface area contributed by atoms with E-state index in [4.69, 9.17) is 0 Å². The van der Waals surface area contributed by atoms with Crippen LogP contribution in [-0.4, -0.2) is 18.2 Å². The van der Waals surface area contributed by atoms with E-state index in [-0.39, 0.29) is 11.7 Å². The second-order valence-corrected chi connectivity index (χ2v) is 6.47. The van der Waals surface area contributed by atoms with E-state index in [0.717, 1.165) is 18.7 Å². The van der Waals surface area contributed by atoms with Crippen molar-refractivity contribution in [3.8, 4) is 0 Å². The number of hydrogen-bond donors (Lipinski definition) is 0. The molecular formula is C19H15BrFNO2. The van der Waals surface area contributed by atoms with Gasteiger partial charge in [-0.1, -0.05) is 22.0 Å². The number of allylic oxidation sites excluding steroid dienone is 1. The molecule has 0 N–H and O–H groups in total. The predicted octanol–water partition coefficient (Wildman–Crippen LogP) is 4.61. The molecule has 0 saturated carbocycles. The minimum absolute atomic E-state index is 0.111. The quantitative estimate of drug-likeness (QED) is 0.567. The van der Waals surface area contributed by atoms with E-state index in [2.05, 4.69) is 15.9 Å². The third kappa shape index (κ3) is 3.62. The van der Waals surface area contributed by atoms with Crippen molar-refractivity contribution in [2.24, 2.45) is 0 Å². The van der Waals surface area contributed by atoms with E-state index < -0.39 is 5.82 Å². The predicted molar refractivity (Wildman–Crippen MR) is 95.5 cm³/mol. The average molecular weight is 388 g/mol. The van der Waals surface area contributed by atoms with Gasteiger partial charge in [-0.3, -0.25) is 9.59 Å². The van der Waals surface area contributed by atoms with Crippen LogP contribution in [-0.2, 0) is 4.79 Å². The van der Waals surface area contributed by atoms with Gasteiger partial charge in [0.1, 0.15) is 5.82 Å². The van der Waals surface area contributed by atoms with E-state index in [1.54, 1.807) is 41.3 Å². The summed E-state index contributed by atoms with van der Waals surface area (Å²) in [6.45, 7) is 0.717. The number of anilines is 1. The Morgan fingerprint density at radius 1 is 1.17 bits per heavy atom. The number of nitrogens with zero attached hydrogens (tertiary/aromatic N) is 1. The minimum atomic E-state index is -0.392. The first-order valence-corrected chi connectivity index (χ1v) is 8.42. The summed E-state index contributed by atoms with van der Waals surface area (Å²) >= 11 is 3.19. The smallest absolute Gasteiger partial charge is 0.227 e. The molecule has 0 aliphatic carbocycles. The third-order valence-corrected chi connectivity index (χ3v) is 4.41. The molecule has 2 aromatic rings. The summed E-state index contributed by atoms with van der Waals surface area (Å²) in [4.78, 5) is 25.6. The van der Waals surface area contributed by atoms with Crippen LogP contribution in [0.15, 0.2) is 53.0 Å². The van der Waals surface area contributed by atoms with Gasteiger partial charge < -0.3 is 4.90 Å². The highest BCUT2D eigenvalue weighted by Crippen LogP contribution is 2.22. The van der Waals surface area contributed by atoms with Gasteiger partial charge in [0, 0.05) is 34.3 Å². The largest absolute Gasteiger partial charge is 0.312 e. The zero-order valence-electron chi connectivity index (χ0n) is 12.8. The van der Waals surface area contributed by atoms with Crippen molar-refractivity contribution in [3.05, 3.63) is 70.0 Å². The maximum absolute atomic E-state index is 13.7. The normalized spacial score (nSPS) is 14.6. The molecule has 0 unspecified atom stereocenters. The molecule has 122 valence electrons. The molecule has 24 heavy (non-hydrogen) atoms. The Hall–Kier alpha value is -2.27. The van der Waals surface area contributed by atoms with Gasteiger partial charge in [0.05, 0.1) is 0 Å². The molecular weight excluding hydrogens is 373 g/mol. The van der Waals surface area contributed by atoms with Crippen LogP contribution in [0.3, 0.4) is 0 Å². The maximum Gasteiger partial charge on any atom is 0.227 e. The summed E-state index contributed by atoms with van der Waals surface area (Å²) in [7, 11) is 0. The van der Waals surface area contributed by atoms with Crippen molar-refractivity contribution in [1.82, 2.24) is 0 Å². The summed E-state index contributed by atoms with van der Waals surface area (Å²) in [5.41, 5.74) is 1.65. The lowest BCUT2D eigenvalue weighted by Crippen LogP contribution is -2.23. The molecule has 0 radical (unpaired) electrons. The topological polar surface area (TPSA) is 37.4 Å². The van der Waals surface area contributed by atoms with Crippen LogP contribution in [0.1, 0.15) is 28.8 Å². The number of benzene rings is 2. The fourth-order valence-corrected chi connectivity index (χ4v) is 2.96. The Morgan fingerprint density at radius 3 is 2.54 bits per heavy atom. The van der Waals surface area contributed by atoms with E-state index in [1.165, 1.54) is 18.2 Å². The third-order valence-electron chi connectivity index (χ3n) is 3.91. The number of carbonyl (C=O) groups is 2. The van der Waals surface area contributed by atoms with Crippen LogP contribution in [0.2, 0.25) is 0 Å². The number of amides is 1. The van der Waals surface area contributed by atoms with E-state index in [9.17, 15) is 14.0 Å². The highest BCUT2D eigenvalue weighted by Gasteiger charge is 2.21. The Kier molecular flexibility index (Phi) is 4.90. The Balaban J connectivity index is 1.73. The van der Waals surface area contributed by atoms with E-state index in [1.807, 2.05) is 0 Å². The molecule has 0 aromatic heterocycles. The standard InChI is InChI=1S/C19H15BrFNO2/c20-15-7-3-13(17(21)12-15)6-10-18(23)14-4-8-16(9-5-14)22-11-1-2-19(22)24/h3-10,12H,1-2,11H2/b10-6+. The van der Waals surface area contributed by atoms with Crippen LogP contribution in [0.25, 0.3) is 6.08 Å². The van der Waals surface area contributed by atoms with Crippen molar-refractivity contribution in [2.75, 3.05) is 11.4 Å². The molecule has 3 rings (SSSR count). The Labute approximate surface area is 147 Å². The highest BCUT2D eigenvalue weighted by atomic mass is 79.9. The first-order chi connectivity index (χ1) is 11.5. The van der Waals surface area contributed by atoms with Gasteiger partial charge in [-0.15, -0.1) is 0 Å². The number of rotatable bonds is 4. The second kappa shape index (κ2) is 7.09. The van der Waals surface area contributed by atoms with Gasteiger partial charge in [0.15, 0.2) is 5.78 Å². The molecule has 0 spiro atoms. The lowest BCUT2D eigenvalue weighted by atomic mass is 10.1. The van der Waals surface area contributed by atoms with Crippen molar-refractivity contribution < 1.29 is 14.0 Å². The van der Waals surface area contributed by atoms with Gasteiger partial charge in [0.25, 0.3) is 0 Å². The minimum Gasteiger partial charge on any atom is -0.312 e. The molecule has 1 aliphatic heterocycles. The second-order valence-electron chi connectivity index (χ2n) is 5.56. The van der Waals surface area contributed by atoms with Gasteiger partial charge in [-0.05, 0) is 55.0 Å². The molecule has 1 amide bonds. The number of ketones is 1. The summed E-state index contributed by atoms with van der Waals surface area (Å²) < 4.78 is 14.4. The molecule has 1 saturated heterocycles. The lowest BCUT2D eigenvalue weighted by molar-refractivity contribution is -0.117. The first kappa shape index (κ1) is 16.6. The molecule has 0 bridgehead atoms. The van der Waals surface area contributed by atoms with Gasteiger partial charge in [-0.2, -0.15) is 0 Å².